The molecule has 0 aliphatic carbocycles. The maximum atomic E-state index is 13.0. The number of imidazole rings is 1. The van der Waals surface area contributed by atoms with E-state index in [0.29, 0.717) is 41.5 Å². The SMILES string of the molecule is Cc1cc(N2CCOCC2C(=O)NCc2ccc(Cl)c(Cl)c2)nc(-n2ccnc2)n1. The summed E-state index contributed by atoms with van der Waals surface area (Å²) in [6, 6.07) is 6.64. The first-order valence-electron chi connectivity index (χ1n) is 9.41. The van der Waals surface area contributed by atoms with Crippen LogP contribution in [0.15, 0.2) is 43.0 Å². The summed E-state index contributed by atoms with van der Waals surface area (Å²) in [5, 5.41) is 3.88. The van der Waals surface area contributed by atoms with E-state index in [4.69, 9.17) is 27.9 Å². The summed E-state index contributed by atoms with van der Waals surface area (Å²) in [7, 11) is 0. The molecule has 0 spiro atoms. The van der Waals surface area contributed by atoms with E-state index < -0.39 is 6.04 Å². The standard InChI is InChI=1S/C20H20Cl2N6O2/c1-13-8-18(26-20(25-13)27-5-4-23-12-27)28-6-7-30-11-17(28)19(29)24-10-14-2-3-15(21)16(22)9-14/h2-5,8-9,12,17H,6-7,10-11H2,1H3,(H,24,29). The fraction of sp³-hybridized carbons (Fsp3) is 0.300. The van der Waals surface area contributed by atoms with Crippen LogP contribution in [0.4, 0.5) is 5.82 Å². The van der Waals surface area contributed by atoms with E-state index in [1.807, 2.05) is 24.0 Å². The van der Waals surface area contributed by atoms with Crippen LogP contribution in [0.3, 0.4) is 0 Å². The highest BCUT2D eigenvalue weighted by atomic mass is 35.5. The second kappa shape index (κ2) is 8.99. The number of rotatable bonds is 5. The van der Waals surface area contributed by atoms with Crippen LogP contribution in [0.1, 0.15) is 11.3 Å². The second-order valence-electron chi connectivity index (χ2n) is 6.89. The molecule has 1 atom stereocenters. The largest absolute Gasteiger partial charge is 0.377 e. The Hall–Kier alpha value is -2.68. The molecule has 3 aromatic rings. The quantitative estimate of drug-likeness (QED) is 0.648. The molecule has 1 fully saturated rings. The van der Waals surface area contributed by atoms with Gasteiger partial charge in [0.15, 0.2) is 0 Å². The third-order valence-corrected chi connectivity index (χ3v) is 5.48. The third kappa shape index (κ3) is 4.56. The van der Waals surface area contributed by atoms with Crippen LogP contribution >= 0.6 is 23.2 Å². The van der Waals surface area contributed by atoms with E-state index in [1.165, 1.54) is 0 Å². The number of anilines is 1. The summed E-state index contributed by atoms with van der Waals surface area (Å²) < 4.78 is 7.31. The Balaban J connectivity index is 1.52. The Labute approximate surface area is 183 Å². The predicted molar refractivity (Wildman–Crippen MR) is 114 cm³/mol. The number of halogens is 2. The van der Waals surface area contributed by atoms with Crippen LogP contribution in [-0.4, -0.2) is 51.2 Å². The molecular formula is C20H20Cl2N6O2. The van der Waals surface area contributed by atoms with Gasteiger partial charge in [-0.2, -0.15) is 4.98 Å². The Morgan fingerprint density at radius 3 is 2.90 bits per heavy atom. The summed E-state index contributed by atoms with van der Waals surface area (Å²) in [5.41, 5.74) is 1.66. The van der Waals surface area contributed by atoms with Crippen molar-refractivity contribution in [2.24, 2.45) is 0 Å². The molecular weight excluding hydrogens is 427 g/mol. The highest BCUT2D eigenvalue weighted by Gasteiger charge is 2.31. The number of ether oxygens (including phenoxy) is 1. The van der Waals surface area contributed by atoms with Gasteiger partial charge in [-0.1, -0.05) is 29.3 Å². The number of hydrogen-bond acceptors (Lipinski definition) is 6. The Morgan fingerprint density at radius 2 is 2.13 bits per heavy atom. The number of aryl methyl sites for hydroxylation is 1. The maximum absolute atomic E-state index is 13.0. The van der Waals surface area contributed by atoms with Crippen molar-refractivity contribution in [3.05, 3.63) is 64.3 Å². The van der Waals surface area contributed by atoms with Crippen LogP contribution in [0, 0.1) is 6.92 Å². The van der Waals surface area contributed by atoms with Crippen molar-refractivity contribution in [1.82, 2.24) is 24.8 Å². The number of hydrogen-bond donors (Lipinski definition) is 1. The minimum Gasteiger partial charge on any atom is -0.377 e. The molecule has 2 aromatic heterocycles. The van der Waals surface area contributed by atoms with Gasteiger partial charge in [-0.15, -0.1) is 0 Å². The van der Waals surface area contributed by atoms with Gasteiger partial charge < -0.3 is 15.0 Å². The van der Waals surface area contributed by atoms with Crippen molar-refractivity contribution in [1.29, 1.82) is 0 Å². The molecule has 1 aliphatic rings. The summed E-state index contributed by atoms with van der Waals surface area (Å²) in [6.07, 6.45) is 5.08. The van der Waals surface area contributed by atoms with Crippen molar-refractivity contribution in [2.45, 2.75) is 19.5 Å². The zero-order valence-corrected chi connectivity index (χ0v) is 17.8. The molecule has 10 heteroatoms. The highest BCUT2D eigenvalue weighted by molar-refractivity contribution is 6.42. The molecule has 8 nitrogen and oxygen atoms in total. The Bertz CT molecular complexity index is 1040. The number of nitrogens with one attached hydrogen (secondary N) is 1. The van der Waals surface area contributed by atoms with Crippen molar-refractivity contribution in [3.63, 3.8) is 0 Å². The first kappa shape index (κ1) is 20.6. The normalized spacial score (nSPS) is 16.5. The van der Waals surface area contributed by atoms with Crippen LogP contribution in [0.5, 0.6) is 0 Å². The van der Waals surface area contributed by atoms with Gasteiger partial charge in [-0.3, -0.25) is 9.36 Å². The van der Waals surface area contributed by atoms with Gasteiger partial charge in [0.25, 0.3) is 0 Å². The average Bonchev–Trinajstić information content (AvgIpc) is 3.29. The lowest BCUT2D eigenvalue weighted by Crippen LogP contribution is -2.54. The van der Waals surface area contributed by atoms with E-state index in [1.54, 1.807) is 35.4 Å². The minimum absolute atomic E-state index is 0.152. The van der Waals surface area contributed by atoms with Gasteiger partial charge in [0.1, 0.15) is 18.2 Å². The van der Waals surface area contributed by atoms with E-state index in [-0.39, 0.29) is 12.5 Å². The van der Waals surface area contributed by atoms with Crippen LogP contribution < -0.4 is 10.2 Å². The molecule has 30 heavy (non-hydrogen) atoms. The first-order chi connectivity index (χ1) is 14.5. The van der Waals surface area contributed by atoms with Gasteiger partial charge in [-0.25, -0.2) is 9.97 Å². The number of morpholine rings is 1. The van der Waals surface area contributed by atoms with Crippen molar-refractivity contribution >= 4 is 34.9 Å². The summed E-state index contributed by atoms with van der Waals surface area (Å²) in [5.74, 6) is 1.02. The monoisotopic (exact) mass is 446 g/mol. The maximum Gasteiger partial charge on any atom is 0.245 e. The van der Waals surface area contributed by atoms with Gasteiger partial charge in [-0.05, 0) is 24.6 Å². The molecule has 0 bridgehead atoms. The van der Waals surface area contributed by atoms with Crippen molar-refractivity contribution in [3.8, 4) is 5.95 Å². The summed E-state index contributed by atoms with van der Waals surface area (Å²) in [4.78, 5) is 28.1. The second-order valence-corrected chi connectivity index (χ2v) is 7.70. The lowest BCUT2D eigenvalue weighted by atomic mass is 10.2. The molecule has 1 unspecified atom stereocenters. The Morgan fingerprint density at radius 1 is 1.27 bits per heavy atom. The lowest BCUT2D eigenvalue weighted by molar-refractivity contribution is -0.124. The van der Waals surface area contributed by atoms with Crippen LogP contribution in [-0.2, 0) is 16.1 Å². The molecule has 1 saturated heterocycles. The zero-order valence-electron chi connectivity index (χ0n) is 16.3. The number of carbonyl (C=O) groups excluding carboxylic acids is 1. The Kier molecular flexibility index (Phi) is 6.17. The predicted octanol–water partition coefficient (Wildman–Crippen LogP) is 2.80. The molecule has 156 valence electrons. The van der Waals surface area contributed by atoms with Crippen LogP contribution in [0.2, 0.25) is 10.0 Å². The number of aromatic nitrogens is 4. The van der Waals surface area contributed by atoms with E-state index in [2.05, 4.69) is 20.3 Å². The van der Waals surface area contributed by atoms with Crippen molar-refractivity contribution < 1.29 is 9.53 Å². The van der Waals surface area contributed by atoms with Gasteiger partial charge >= 0.3 is 0 Å². The molecule has 0 saturated carbocycles. The fourth-order valence-corrected chi connectivity index (χ4v) is 3.55. The average molecular weight is 447 g/mol. The molecule has 1 amide bonds. The van der Waals surface area contributed by atoms with E-state index in [0.717, 1.165) is 11.3 Å². The highest BCUT2D eigenvalue weighted by Crippen LogP contribution is 2.23. The zero-order chi connectivity index (χ0) is 21.1. The number of amides is 1. The minimum atomic E-state index is -0.508. The lowest BCUT2D eigenvalue weighted by Gasteiger charge is -2.35. The van der Waals surface area contributed by atoms with Crippen LogP contribution in [0.25, 0.3) is 5.95 Å². The first-order valence-corrected chi connectivity index (χ1v) is 10.2. The molecule has 1 N–H and O–H groups in total. The summed E-state index contributed by atoms with van der Waals surface area (Å²) >= 11 is 12.0. The van der Waals surface area contributed by atoms with Gasteiger partial charge in [0.2, 0.25) is 11.9 Å². The van der Waals surface area contributed by atoms with Gasteiger partial charge in [0, 0.05) is 37.2 Å². The number of benzene rings is 1. The van der Waals surface area contributed by atoms with Crippen molar-refractivity contribution in [2.75, 3.05) is 24.7 Å². The van der Waals surface area contributed by atoms with E-state index in [9.17, 15) is 4.79 Å². The molecule has 4 rings (SSSR count). The van der Waals surface area contributed by atoms with Gasteiger partial charge in [0.05, 0.1) is 23.3 Å². The fourth-order valence-electron chi connectivity index (χ4n) is 3.23. The number of carbonyl (C=O) groups is 1. The van der Waals surface area contributed by atoms with E-state index >= 15 is 0 Å². The smallest absolute Gasteiger partial charge is 0.245 e. The third-order valence-electron chi connectivity index (χ3n) is 4.74. The number of nitrogens with zero attached hydrogens (tertiary/aromatic N) is 5. The molecule has 3 heterocycles. The molecule has 1 aromatic carbocycles. The molecule has 0 radical (unpaired) electrons. The summed E-state index contributed by atoms with van der Waals surface area (Å²) in [6.45, 7) is 3.57. The molecule has 1 aliphatic heterocycles. The topological polar surface area (TPSA) is 85.2 Å².